The lowest BCUT2D eigenvalue weighted by molar-refractivity contribution is -0.134. The number of amides is 5. The van der Waals surface area contributed by atoms with Crippen LogP contribution in [-0.4, -0.2) is 59.8 Å². The molecule has 0 spiro atoms. The van der Waals surface area contributed by atoms with Gasteiger partial charge in [0.25, 0.3) is 0 Å². The highest BCUT2D eigenvalue weighted by Crippen LogP contribution is 2.18. The average Bonchev–Trinajstić information content (AvgIpc) is 3.13. The van der Waals surface area contributed by atoms with Crippen LogP contribution in [0.3, 0.4) is 0 Å². The van der Waals surface area contributed by atoms with Gasteiger partial charge in [-0.05, 0) is 43.5 Å². The molecule has 5 amide bonds. The first-order valence-electron chi connectivity index (χ1n) is 19.8. The van der Waals surface area contributed by atoms with Gasteiger partial charge in [-0.15, -0.1) is 0 Å². The largest absolute Gasteiger partial charge is 0.491 e. The number of ether oxygens (including phenoxy) is 1. The van der Waals surface area contributed by atoms with Gasteiger partial charge in [0, 0.05) is 25.7 Å². The van der Waals surface area contributed by atoms with Crippen LogP contribution in [0.15, 0.2) is 54.6 Å². The molecular weight excluding hydrogens is 670 g/mol. The van der Waals surface area contributed by atoms with E-state index in [1.54, 1.807) is 24.3 Å². The highest BCUT2D eigenvalue weighted by atomic mass is 16.5. The standard InChI is InChI=1S/C42H63N5O6/c1-4-5-6-7-8-9-10-11-12-13-14-15-19-22-38(48)45-36-27-30(2)53-34-25-23-33(24-26-34)29-37(47-40(50)31(3)44-41(36)51)42(52)46-35(39(43)49)28-32-20-17-16-18-21-32/h16-18,20-21,23-26,30-31,35-37H,4-15,19,22,27-29H2,1-3H3,(H2,43,49)(H,44,51)(H,45,48)(H,46,52)(H,47,50). The first-order chi connectivity index (χ1) is 25.5. The Morgan fingerprint density at radius 2 is 1.38 bits per heavy atom. The summed E-state index contributed by atoms with van der Waals surface area (Å²) in [4.78, 5) is 65.8. The Bertz CT molecular complexity index is 1420. The molecule has 4 rings (SSSR count). The molecule has 2 heterocycles. The average molecular weight is 734 g/mol. The van der Waals surface area contributed by atoms with E-state index < -0.39 is 53.9 Å². The second-order valence-electron chi connectivity index (χ2n) is 14.6. The van der Waals surface area contributed by atoms with Gasteiger partial charge < -0.3 is 31.7 Å². The number of benzene rings is 2. The van der Waals surface area contributed by atoms with Crippen LogP contribution in [0.2, 0.25) is 0 Å². The first kappa shape index (κ1) is 43.0. The van der Waals surface area contributed by atoms with Crippen LogP contribution in [0.25, 0.3) is 0 Å². The van der Waals surface area contributed by atoms with E-state index in [4.69, 9.17) is 10.5 Å². The van der Waals surface area contributed by atoms with Crippen LogP contribution in [0.1, 0.15) is 128 Å². The number of nitrogens with two attached hydrogens (primary N) is 1. The molecule has 6 N–H and O–H groups in total. The summed E-state index contributed by atoms with van der Waals surface area (Å²) >= 11 is 0. The first-order valence-corrected chi connectivity index (χ1v) is 19.8. The fraction of sp³-hybridized carbons (Fsp3) is 0.595. The number of carbonyl (C=O) groups is 5. The van der Waals surface area contributed by atoms with Crippen molar-refractivity contribution >= 4 is 29.5 Å². The van der Waals surface area contributed by atoms with Crippen molar-refractivity contribution in [2.75, 3.05) is 0 Å². The summed E-state index contributed by atoms with van der Waals surface area (Å²) in [5.74, 6) is -2.08. The van der Waals surface area contributed by atoms with Crippen LogP contribution in [0, 0.1) is 0 Å². The van der Waals surface area contributed by atoms with Crippen LogP contribution in [0.4, 0.5) is 0 Å². The molecule has 0 radical (unpaired) electrons. The molecule has 5 atom stereocenters. The van der Waals surface area contributed by atoms with Crippen molar-refractivity contribution in [1.29, 1.82) is 0 Å². The summed E-state index contributed by atoms with van der Waals surface area (Å²) in [7, 11) is 0. The fourth-order valence-electron chi connectivity index (χ4n) is 6.58. The summed E-state index contributed by atoms with van der Waals surface area (Å²) in [5, 5.41) is 11.0. The Balaban J connectivity index is 1.57. The molecule has 11 heteroatoms. The van der Waals surface area contributed by atoms with Crippen molar-refractivity contribution in [2.45, 2.75) is 160 Å². The van der Waals surface area contributed by atoms with Gasteiger partial charge in [-0.1, -0.05) is 126 Å². The predicted octanol–water partition coefficient (Wildman–Crippen LogP) is 5.57. The number of primary amides is 1. The molecule has 0 aromatic heterocycles. The molecule has 11 nitrogen and oxygen atoms in total. The number of hydrogen-bond acceptors (Lipinski definition) is 6. The van der Waals surface area contributed by atoms with Gasteiger partial charge in [0.05, 0.1) is 6.10 Å². The number of nitrogens with one attached hydrogen (secondary N) is 4. The van der Waals surface area contributed by atoms with Gasteiger partial charge in [0.1, 0.15) is 29.9 Å². The van der Waals surface area contributed by atoms with E-state index in [2.05, 4.69) is 28.2 Å². The van der Waals surface area contributed by atoms with Crippen molar-refractivity contribution in [3.8, 4) is 5.75 Å². The second-order valence-corrected chi connectivity index (χ2v) is 14.6. The van der Waals surface area contributed by atoms with E-state index in [-0.39, 0.29) is 25.2 Å². The topological polar surface area (TPSA) is 169 Å². The minimum absolute atomic E-state index is 0.114. The normalized spacial score (nSPS) is 19.8. The number of rotatable bonds is 20. The summed E-state index contributed by atoms with van der Waals surface area (Å²) in [6, 6.07) is 12.2. The zero-order valence-corrected chi connectivity index (χ0v) is 32.1. The van der Waals surface area contributed by atoms with Crippen molar-refractivity contribution < 1.29 is 28.7 Å². The lowest BCUT2D eigenvalue weighted by Crippen LogP contribution is -2.58. The Labute approximate surface area is 316 Å². The lowest BCUT2D eigenvalue weighted by Gasteiger charge is -2.25. The molecule has 0 aliphatic carbocycles. The molecule has 2 aromatic carbocycles. The molecule has 2 aliphatic rings. The van der Waals surface area contributed by atoms with Crippen LogP contribution >= 0.6 is 0 Å². The van der Waals surface area contributed by atoms with Crippen molar-refractivity contribution in [3.63, 3.8) is 0 Å². The van der Waals surface area contributed by atoms with Gasteiger partial charge in [-0.2, -0.15) is 0 Å². The van der Waals surface area contributed by atoms with Gasteiger partial charge in [-0.25, -0.2) is 0 Å². The molecule has 2 aliphatic heterocycles. The zero-order valence-electron chi connectivity index (χ0n) is 32.1. The van der Waals surface area contributed by atoms with Crippen LogP contribution < -0.4 is 31.7 Å². The zero-order chi connectivity index (χ0) is 38.4. The van der Waals surface area contributed by atoms with E-state index >= 15 is 0 Å². The third-order valence-corrected chi connectivity index (χ3v) is 9.75. The van der Waals surface area contributed by atoms with E-state index in [0.717, 1.165) is 30.4 Å². The maximum atomic E-state index is 13.6. The smallest absolute Gasteiger partial charge is 0.243 e. The Kier molecular flexibility index (Phi) is 19.5. The van der Waals surface area contributed by atoms with Gasteiger partial charge in [0.2, 0.25) is 29.5 Å². The van der Waals surface area contributed by atoms with Crippen LogP contribution in [0.5, 0.6) is 5.75 Å². The maximum absolute atomic E-state index is 13.6. The minimum atomic E-state index is -1.08. The second kappa shape index (κ2) is 24.0. The van der Waals surface area contributed by atoms with E-state index in [9.17, 15) is 24.0 Å². The molecule has 5 unspecified atom stereocenters. The molecule has 0 saturated carbocycles. The van der Waals surface area contributed by atoms with Crippen molar-refractivity contribution in [3.05, 3.63) is 65.7 Å². The molecule has 0 saturated heterocycles. The lowest BCUT2D eigenvalue weighted by atomic mass is 10.0. The SMILES string of the molecule is CCCCCCCCCCCCCCCC(=O)NC1CC(C)Oc2ccc(cc2)CC(C(=O)NC(Cc2ccccc2)C(N)=O)NC(=O)C(C)NC1=O. The Morgan fingerprint density at radius 1 is 0.792 bits per heavy atom. The van der Waals surface area contributed by atoms with Gasteiger partial charge >= 0.3 is 0 Å². The summed E-state index contributed by atoms with van der Waals surface area (Å²) < 4.78 is 6.10. The molecular formula is C42H63N5O6. The Hall–Kier alpha value is -4.41. The fourth-order valence-corrected chi connectivity index (χ4v) is 6.58. The quantitative estimate of drug-likeness (QED) is 0.112. The van der Waals surface area contributed by atoms with Gasteiger partial charge in [0.15, 0.2) is 0 Å². The molecule has 2 bridgehead atoms. The highest BCUT2D eigenvalue weighted by molar-refractivity contribution is 5.95. The van der Waals surface area contributed by atoms with Crippen molar-refractivity contribution in [2.24, 2.45) is 5.73 Å². The summed E-state index contributed by atoms with van der Waals surface area (Å²) in [5.41, 5.74) is 7.21. The van der Waals surface area contributed by atoms with Gasteiger partial charge in [-0.3, -0.25) is 24.0 Å². The molecule has 0 fully saturated rings. The van der Waals surface area contributed by atoms with Crippen LogP contribution in [-0.2, 0) is 36.8 Å². The molecule has 2 aromatic rings. The summed E-state index contributed by atoms with van der Waals surface area (Å²) in [6.45, 7) is 5.58. The predicted molar refractivity (Wildman–Crippen MR) is 208 cm³/mol. The third kappa shape index (κ3) is 16.9. The highest BCUT2D eigenvalue weighted by Gasteiger charge is 2.31. The van der Waals surface area contributed by atoms with E-state index in [0.29, 0.717) is 12.2 Å². The molecule has 292 valence electrons. The van der Waals surface area contributed by atoms with Crippen molar-refractivity contribution in [1.82, 2.24) is 21.3 Å². The summed E-state index contributed by atoms with van der Waals surface area (Å²) in [6.07, 6.45) is 16.1. The Morgan fingerprint density at radius 3 is 1.96 bits per heavy atom. The molecule has 53 heavy (non-hydrogen) atoms. The number of fused-ring (bicyclic) bond motifs is 12. The number of unbranched alkanes of at least 4 members (excludes halogenated alkanes) is 12. The minimum Gasteiger partial charge on any atom is -0.491 e. The maximum Gasteiger partial charge on any atom is 0.243 e. The third-order valence-electron chi connectivity index (χ3n) is 9.75. The van der Waals surface area contributed by atoms with E-state index in [1.165, 1.54) is 71.1 Å². The number of carbonyl (C=O) groups excluding carboxylic acids is 5. The monoisotopic (exact) mass is 733 g/mol. The number of hydrogen-bond donors (Lipinski definition) is 5. The van der Waals surface area contributed by atoms with E-state index in [1.807, 2.05) is 37.3 Å².